The predicted molar refractivity (Wildman–Crippen MR) is 92.5 cm³/mol. The Morgan fingerprint density at radius 1 is 1.21 bits per heavy atom. The molecule has 0 aliphatic carbocycles. The van der Waals surface area contributed by atoms with Gasteiger partial charge < -0.3 is 0 Å². The van der Waals surface area contributed by atoms with E-state index in [-0.39, 0.29) is 15.5 Å². The van der Waals surface area contributed by atoms with E-state index in [2.05, 4.69) is 24.6 Å². The molecule has 4 nitrogen and oxygen atoms in total. The molecule has 1 aromatic carbocycles. The van der Waals surface area contributed by atoms with Crippen molar-refractivity contribution in [1.29, 1.82) is 0 Å². The van der Waals surface area contributed by atoms with Gasteiger partial charge in [0.25, 0.3) is 0 Å². The Hall–Kier alpha value is -1.34. The van der Waals surface area contributed by atoms with Gasteiger partial charge in [-0.3, -0.25) is 0 Å². The van der Waals surface area contributed by atoms with E-state index < -0.39 is 21.7 Å². The van der Waals surface area contributed by atoms with Gasteiger partial charge in [-0.25, -0.2) is 0 Å². The fraction of sp³-hybridized carbons (Fsp3) is 0.353. The van der Waals surface area contributed by atoms with Crippen LogP contribution in [0.15, 0.2) is 27.3 Å². The number of aromatic nitrogens is 2. The van der Waals surface area contributed by atoms with Crippen LogP contribution in [-0.2, 0) is 0 Å². The summed E-state index contributed by atoms with van der Waals surface area (Å²) < 4.78 is 34.3. The zero-order chi connectivity index (χ0) is 16.7. The number of rotatable bonds is 2. The molecular formula is C17H17F2InN4. The fourth-order valence-electron chi connectivity index (χ4n) is 3.44. The SMILES string of the molecule is [CH3][In]1[N]=C(F)C[CH]1c1cc2c(F)cc(C3=CCNCC3)cc2nn1. The molecule has 0 saturated heterocycles. The van der Waals surface area contributed by atoms with E-state index >= 15 is 0 Å². The van der Waals surface area contributed by atoms with Crippen LogP contribution in [0, 0.1) is 5.82 Å². The second kappa shape index (κ2) is 6.52. The summed E-state index contributed by atoms with van der Waals surface area (Å²) >= 11 is -2.33. The Morgan fingerprint density at radius 2 is 2.08 bits per heavy atom. The summed E-state index contributed by atoms with van der Waals surface area (Å²) in [5, 5.41) is 12.2. The summed E-state index contributed by atoms with van der Waals surface area (Å²) in [6, 6.07) is 5.21. The number of nitrogens with zero attached hydrogens (tertiary/aromatic N) is 3. The van der Waals surface area contributed by atoms with Crippen molar-refractivity contribution in [1.82, 2.24) is 15.5 Å². The maximum atomic E-state index is 14.6. The molecule has 0 saturated carbocycles. The van der Waals surface area contributed by atoms with Gasteiger partial charge in [0.1, 0.15) is 0 Å². The zero-order valence-corrected chi connectivity index (χ0v) is 16.7. The van der Waals surface area contributed by atoms with Crippen molar-refractivity contribution in [2.24, 2.45) is 2.98 Å². The molecule has 24 heavy (non-hydrogen) atoms. The predicted octanol–water partition coefficient (Wildman–Crippen LogP) is 3.16. The van der Waals surface area contributed by atoms with E-state index in [1.165, 1.54) is 0 Å². The van der Waals surface area contributed by atoms with E-state index in [0.717, 1.165) is 30.6 Å². The van der Waals surface area contributed by atoms with Crippen LogP contribution >= 0.6 is 0 Å². The monoisotopic (exact) mass is 430 g/mol. The third-order valence-electron chi connectivity index (χ3n) is 4.80. The summed E-state index contributed by atoms with van der Waals surface area (Å²) in [5.74, 6) is -0.570. The summed E-state index contributed by atoms with van der Waals surface area (Å²) in [6.07, 6.45) is 3.26. The van der Waals surface area contributed by atoms with Crippen molar-refractivity contribution in [3.05, 3.63) is 41.3 Å². The second-order valence-electron chi connectivity index (χ2n) is 6.40. The molecule has 2 aromatic rings. The van der Waals surface area contributed by atoms with Crippen LogP contribution < -0.4 is 5.32 Å². The number of hydrogen-bond donors (Lipinski definition) is 1. The van der Waals surface area contributed by atoms with E-state index in [9.17, 15) is 8.78 Å². The van der Waals surface area contributed by atoms with Crippen LogP contribution in [0.4, 0.5) is 8.78 Å². The number of fused-ring (bicyclic) bond motifs is 1. The Balaban J connectivity index is 1.73. The van der Waals surface area contributed by atoms with Crippen LogP contribution in [-0.4, -0.2) is 51.0 Å². The average Bonchev–Trinajstić information content (AvgIpc) is 2.94. The van der Waals surface area contributed by atoms with Gasteiger partial charge in [-0.2, -0.15) is 0 Å². The topological polar surface area (TPSA) is 50.2 Å². The molecule has 3 heterocycles. The normalized spacial score (nSPS) is 21.1. The van der Waals surface area contributed by atoms with Gasteiger partial charge >= 0.3 is 147 Å². The van der Waals surface area contributed by atoms with Crippen molar-refractivity contribution in [2.75, 3.05) is 13.1 Å². The Labute approximate surface area is 147 Å². The molecule has 0 spiro atoms. The van der Waals surface area contributed by atoms with Crippen LogP contribution in [0.2, 0.25) is 4.68 Å². The fourth-order valence-corrected chi connectivity index (χ4v) is 8.92. The van der Waals surface area contributed by atoms with Gasteiger partial charge in [0.05, 0.1) is 0 Å². The molecule has 4 rings (SSSR count). The van der Waals surface area contributed by atoms with Crippen molar-refractivity contribution in [3.8, 4) is 0 Å². The summed E-state index contributed by atoms with van der Waals surface area (Å²) in [7, 11) is 0. The van der Waals surface area contributed by atoms with Crippen molar-refractivity contribution in [3.63, 3.8) is 0 Å². The van der Waals surface area contributed by atoms with Gasteiger partial charge in [-0.15, -0.1) is 0 Å². The minimum absolute atomic E-state index is 0.0369. The molecule has 1 unspecified atom stereocenters. The van der Waals surface area contributed by atoms with Crippen LogP contribution in [0.3, 0.4) is 0 Å². The Kier molecular flexibility index (Phi) is 4.39. The van der Waals surface area contributed by atoms with E-state index in [4.69, 9.17) is 0 Å². The number of halogens is 2. The first-order chi connectivity index (χ1) is 11.6. The Bertz CT molecular complexity index is 865. The first-order valence-electron chi connectivity index (χ1n) is 8.21. The summed E-state index contributed by atoms with van der Waals surface area (Å²) in [5.41, 5.74) is 3.24. The standard InChI is InChI=1S/C16H14F2N4.CH3.In/c17-14-7-11(10-3-5-20-6-4-10)8-15-13(14)9-12(21-22-15)1-2-16(18)19;;/h1,3,7-9,20H,2,4-6H2;1H3;/q-1;;+1. The first kappa shape index (κ1) is 16.1. The van der Waals surface area contributed by atoms with Gasteiger partial charge in [0, 0.05) is 0 Å². The molecule has 1 N–H and O–H groups in total. The number of nitrogens with one attached hydrogen (secondary N) is 1. The molecule has 2 aliphatic heterocycles. The molecule has 0 amide bonds. The van der Waals surface area contributed by atoms with Crippen LogP contribution in [0.5, 0.6) is 0 Å². The van der Waals surface area contributed by atoms with Gasteiger partial charge in [-0.05, 0) is 0 Å². The van der Waals surface area contributed by atoms with E-state index in [1.807, 2.05) is 10.7 Å². The minimum atomic E-state index is -2.33. The van der Waals surface area contributed by atoms with Crippen LogP contribution in [0.25, 0.3) is 16.5 Å². The van der Waals surface area contributed by atoms with Gasteiger partial charge in [0.15, 0.2) is 0 Å². The maximum absolute atomic E-state index is 14.6. The average molecular weight is 430 g/mol. The first-order valence-corrected chi connectivity index (χ1v) is 14.9. The molecule has 0 fully saturated rings. The van der Waals surface area contributed by atoms with Crippen molar-refractivity contribution >= 4 is 44.2 Å². The molecular weight excluding hydrogens is 413 g/mol. The van der Waals surface area contributed by atoms with Gasteiger partial charge in [0.2, 0.25) is 0 Å². The van der Waals surface area contributed by atoms with Crippen molar-refractivity contribution < 1.29 is 8.78 Å². The molecule has 0 radical (unpaired) electrons. The third kappa shape index (κ3) is 2.99. The van der Waals surface area contributed by atoms with E-state index in [0.29, 0.717) is 23.0 Å². The van der Waals surface area contributed by atoms with Crippen LogP contribution in [0.1, 0.15) is 27.8 Å². The third-order valence-corrected chi connectivity index (χ3v) is 11.7. The molecule has 7 heteroatoms. The molecule has 0 bridgehead atoms. The Morgan fingerprint density at radius 3 is 2.79 bits per heavy atom. The molecule has 1 aromatic heterocycles. The summed E-state index contributed by atoms with van der Waals surface area (Å²) in [6.45, 7) is 1.70. The number of benzene rings is 1. The molecule has 2 aliphatic rings. The number of hydrogen-bond acceptors (Lipinski definition) is 4. The van der Waals surface area contributed by atoms with Crippen molar-refractivity contribution in [2.45, 2.75) is 21.2 Å². The quantitative estimate of drug-likeness (QED) is 0.797. The zero-order valence-electron chi connectivity index (χ0n) is 13.4. The van der Waals surface area contributed by atoms with Gasteiger partial charge in [-0.1, -0.05) is 0 Å². The molecule has 1 atom stereocenters. The molecule has 122 valence electrons. The van der Waals surface area contributed by atoms with E-state index in [1.54, 1.807) is 12.1 Å². The summed E-state index contributed by atoms with van der Waals surface area (Å²) in [4.78, 5) is 0. The second-order valence-corrected chi connectivity index (χ2v) is 13.7.